The molecule has 0 aliphatic rings. The topological polar surface area (TPSA) is 99.6 Å². The molecule has 0 aliphatic carbocycles. The number of hydrogen-bond acceptors (Lipinski definition) is 6. The Morgan fingerprint density at radius 3 is 2.61 bits per heavy atom. The largest absolute Gasteiger partial charge is 0.352 e. The molecule has 0 bridgehead atoms. The summed E-state index contributed by atoms with van der Waals surface area (Å²) in [6.45, 7) is 2.21. The molecular formula is C22H22ClN7O2S. The lowest BCUT2D eigenvalue weighted by Crippen LogP contribution is -2.23. The Hall–Kier alpha value is -3.37. The lowest BCUT2D eigenvalue weighted by molar-refractivity contribution is -0.120. The molecule has 0 fully saturated rings. The highest BCUT2D eigenvalue weighted by Gasteiger charge is 2.22. The van der Waals surface area contributed by atoms with E-state index in [0.717, 1.165) is 16.9 Å². The predicted molar refractivity (Wildman–Crippen MR) is 127 cm³/mol. The minimum atomic E-state index is -0.229. The molecule has 2 aromatic carbocycles. The summed E-state index contributed by atoms with van der Waals surface area (Å²) >= 11 is 7.44. The van der Waals surface area contributed by atoms with E-state index in [1.54, 1.807) is 15.4 Å². The lowest BCUT2D eigenvalue weighted by atomic mass is 10.2. The number of thioether (sulfide) groups is 1. The Morgan fingerprint density at radius 1 is 1.12 bits per heavy atom. The molecule has 0 atom stereocenters. The van der Waals surface area contributed by atoms with Crippen LogP contribution in [-0.2, 0) is 18.4 Å². The summed E-state index contributed by atoms with van der Waals surface area (Å²) < 4.78 is 4.78. The van der Waals surface area contributed by atoms with Crippen molar-refractivity contribution in [3.8, 4) is 11.4 Å². The summed E-state index contributed by atoms with van der Waals surface area (Å²) in [5.41, 5.74) is 2.47. The van der Waals surface area contributed by atoms with Crippen LogP contribution >= 0.6 is 23.4 Å². The molecule has 0 spiro atoms. The number of hydrogen-bond donors (Lipinski definition) is 1. The zero-order chi connectivity index (χ0) is 23.4. The summed E-state index contributed by atoms with van der Waals surface area (Å²) in [5.74, 6) is 0.344. The third kappa shape index (κ3) is 4.86. The molecule has 1 amide bonds. The maximum atomic E-state index is 13.2. The smallest absolute Gasteiger partial charge is 0.297 e. The fraction of sp³-hybridized carbons (Fsp3) is 0.227. The molecule has 33 heavy (non-hydrogen) atoms. The standard InChI is InChI=1S/C22H22ClN7O2S/c1-15-20(21(32)30(28(15)2)17-9-4-3-5-10-17)29-22(25-26-27-29)33-13-12-19(31)24-14-16-8-6-7-11-18(16)23/h3-11H,12-14H2,1-2H3,(H,24,31). The van der Waals surface area contributed by atoms with Crippen LogP contribution in [0.5, 0.6) is 0 Å². The number of rotatable bonds is 8. The van der Waals surface area contributed by atoms with Crippen molar-refractivity contribution in [2.75, 3.05) is 5.75 Å². The number of para-hydroxylation sites is 1. The molecule has 0 saturated heterocycles. The van der Waals surface area contributed by atoms with E-state index < -0.39 is 0 Å². The maximum Gasteiger partial charge on any atom is 0.297 e. The highest BCUT2D eigenvalue weighted by molar-refractivity contribution is 7.99. The Labute approximate surface area is 199 Å². The second-order valence-electron chi connectivity index (χ2n) is 7.25. The fourth-order valence-corrected chi connectivity index (χ4v) is 4.38. The van der Waals surface area contributed by atoms with E-state index in [2.05, 4.69) is 20.8 Å². The summed E-state index contributed by atoms with van der Waals surface area (Å²) in [6.07, 6.45) is 0.268. The number of aromatic nitrogens is 6. The van der Waals surface area contributed by atoms with E-state index in [4.69, 9.17) is 11.6 Å². The lowest BCUT2D eigenvalue weighted by Gasteiger charge is -2.07. The van der Waals surface area contributed by atoms with Crippen LogP contribution in [0, 0.1) is 6.92 Å². The van der Waals surface area contributed by atoms with Crippen molar-refractivity contribution < 1.29 is 4.79 Å². The van der Waals surface area contributed by atoms with E-state index in [1.807, 2.05) is 62.5 Å². The van der Waals surface area contributed by atoms with Crippen LogP contribution < -0.4 is 10.9 Å². The number of halogens is 1. The predicted octanol–water partition coefficient (Wildman–Crippen LogP) is 2.91. The van der Waals surface area contributed by atoms with Gasteiger partial charge in [0.1, 0.15) is 0 Å². The maximum absolute atomic E-state index is 13.2. The number of amides is 1. The van der Waals surface area contributed by atoms with Gasteiger partial charge in [-0.15, -0.1) is 5.10 Å². The minimum absolute atomic E-state index is 0.108. The van der Waals surface area contributed by atoms with Gasteiger partial charge in [0, 0.05) is 30.8 Å². The number of nitrogens with one attached hydrogen (secondary N) is 1. The minimum Gasteiger partial charge on any atom is -0.352 e. The van der Waals surface area contributed by atoms with E-state index in [9.17, 15) is 9.59 Å². The van der Waals surface area contributed by atoms with E-state index >= 15 is 0 Å². The van der Waals surface area contributed by atoms with Crippen LogP contribution in [0.4, 0.5) is 0 Å². The second kappa shape index (κ2) is 10.1. The summed E-state index contributed by atoms with van der Waals surface area (Å²) in [4.78, 5) is 25.5. The third-order valence-corrected chi connectivity index (χ3v) is 6.46. The van der Waals surface area contributed by atoms with Crippen molar-refractivity contribution in [2.45, 2.75) is 25.0 Å². The molecule has 1 N–H and O–H groups in total. The van der Waals surface area contributed by atoms with Gasteiger partial charge in [0.05, 0.1) is 11.4 Å². The molecule has 0 unspecified atom stereocenters. The van der Waals surface area contributed by atoms with Crippen LogP contribution in [0.25, 0.3) is 11.4 Å². The van der Waals surface area contributed by atoms with Gasteiger partial charge in [-0.1, -0.05) is 59.8 Å². The zero-order valence-corrected chi connectivity index (χ0v) is 19.7. The van der Waals surface area contributed by atoms with Gasteiger partial charge >= 0.3 is 0 Å². The Kier molecular flexibility index (Phi) is 6.95. The molecule has 4 rings (SSSR count). The number of nitrogens with zero attached hydrogens (tertiary/aromatic N) is 6. The van der Waals surface area contributed by atoms with Crippen LogP contribution in [0.15, 0.2) is 64.5 Å². The molecule has 11 heteroatoms. The average Bonchev–Trinajstić information content (AvgIpc) is 3.35. The zero-order valence-electron chi connectivity index (χ0n) is 18.1. The van der Waals surface area contributed by atoms with Gasteiger partial charge in [-0.25, -0.2) is 4.68 Å². The van der Waals surface area contributed by atoms with Gasteiger partial charge in [-0.3, -0.25) is 14.3 Å². The van der Waals surface area contributed by atoms with Crippen LogP contribution in [-0.4, -0.2) is 41.2 Å². The van der Waals surface area contributed by atoms with Crippen molar-refractivity contribution >= 4 is 29.3 Å². The van der Waals surface area contributed by atoms with Crippen LogP contribution in [0.2, 0.25) is 5.02 Å². The molecule has 0 radical (unpaired) electrons. The van der Waals surface area contributed by atoms with Crippen molar-refractivity contribution in [2.24, 2.45) is 7.05 Å². The highest BCUT2D eigenvalue weighted by Crippen LogP contribution is 2.20. The number of carbonyl (C=O) groups is 1. The van der Waals surface area contributed by atoms with Crippen molar-refractivity contribution in [3.63, 3.8) is 0 Å². The van der Waals surface area contributed by atoms with E-state index in [0.29, 0.717) is 28.2 Å². The van der Waals surface area contributed by atoms with Gasteiger partial charge in [-0.2, -0.15) is 4.68 Å². The van der Waals surface area contributed by atoms with Gasteiger partial charge in [-0.05, 0) is 41.1 Å². The first kappa shape index (κ1) is 22.8. The second-order valence-corrected chi connectivity index (χ2v) is 8.72. The van der Waals surface area contributed by atoms with E-state index in [1.165, 1.54) is 16.4 Å². The number of benzene rings is 2. The van der Waals surface area contributed by atoms with Crippen molar-refractivity contribution in [3.05, 3.63) is 81.2 Å². The Morgan fingerprint density at radius 2 is 1.85 bits per heavy atom. The first-order valence-corrected chi connectivity index (χ1v) is 11.6. The first-order chi connectivity index (χ1) is 16.0. The molecule has 4 aromatic rings. The molecular weight excluding hydrogens is 462 g/mol. The highest BCUT2D eigenvalue weighted by atomic mass is 35.5. The molecule has 2 heterocycles. The molecule has 0 aliphatic heterocycles. The SMILES string of the molecule is Cc1c(-n2nnnc2SCCC(=O)NCc2ccccc2Cl)c(=O)n(-c2ccccc2)n1C. The third-order valence-electron chi connectivity index (χ3n) is 5.17. The van der Waals surface area contributed by atoms with Crippen molar-refractivity contribution in [1.29, 1.82) is 0 Å². The summed E-state index contributed by atoms with van der Waals surface area (Å²) in [5, 5.41) is 15.7. The van der Waals surface area contributed by atoms with Crippen LogP contribution in [0.3, 0.4) is 0 Å². The monoisotopic (exact) mass is 483 g/mol. The number of carbonyl (C=O) groups excluding carboxylic acids is 1. The average molecular weight is 484 g/mol. The normalized spacial score (nSPS) is 11.0. The quantitative estimate of drug-likeness (QED) is 0.387. The Bertz CT molecular complexity index is 1330. The molecule has 0 saturated carbocycles. The summed E-state index contributed by atoms with van der Waals surface area (Å²) in [7, 11) is 1.81. The van der Waals surface area contributed by atoms with Crippen molar-refractivity contribution in [1.82, 2.24) is 34.9 Å². The fourth-order valence-electron chi connectivity index (χ4n) is 3.37. The van der Waals surface area contributed by atoms with Gasteiger partial charge in [0.15, 0.2) is 5.69 Å². The van der Waals surface area contributed by atoms with Gasteiger partial charge in [0.25, 0.3) is 5.56 Å². The number of tetrazole rings is 1. The van der Waals surface area contributed by atoms with Crippen LogP contribution in [0.1, 0.15) is 17.7 Å². The summed E-state index contributed by atoms with van der Waals surface area (Å²) in [6, 6.07) is 16.7. The van der Waals surface area contributed by atoms with Gasteiger partial charge < -0.3 is 5.32 Å². The first-order valence-electron chi connectivity index (χ1n) is 10.2. The molecule has 170 valence electrons. The molecule has 2 aromatic heterocycles. The van der Waals surface area contributed by atoms with E-state index in [-0.39, 0.29) is 17.9 Å². The van der Waals surface area contributed by atoms with Gasteiger partial charge in [0.2, 0.25) is 11.1 Å². The Balaban J connectivity index is 1.44. The molecule has 9 nitrogen and oxygen atoms in total.